The predicted molar refractivity (Wildman–Crippen MR) is 144 cm³/mol. The van der Waals surface area contributed by atoms with Crippen molar-refractivity contribution >= 4 is 21.9 Å². The quantitative estimate of drug-likeness (QED) is 0.301. The zero-order chi connectivity index (χ0) is 25.3. The topological polar surface area (TPSA) is 67.8 Å². The molecule has 3 rings (SSSR count). The number of halogens is 1. The number of hydrogen-bond acceptors (Lipinski definition) is 5. The van der Waals surface area contributed by atoms with Crippen molar-refractivity contribution in [1.29, 1.82) is 0 Å². The second kappa shape index (κ2) is 13.4. The van der Waals surface area contributed by atoms with Crippen LogP contribution in [0.1, 0.15) is 63.1 Å². The molecule has 0 heterocycles. The van der Waals surface area contributed by atoms with Crippen LogP contribution in [0.15, 0.2) is 46.9 Å². The Morgan fingerprint density at radius 1 is 1.14 bits per heavy atom. The van der Waals surface area contributed by atoms with Crippen molar-refractivity contribution in [1.82, 2.24) is 5.32 Å². The molecule has 5 nitrogen and oxygen atoms in total. The van der Waals surface area contributed by atoms with Gasteiger partial charge in [-0.3, -0.25) is 4.79 Å². The molecule has 0 unspecified atom stereocenters. The molecule has 1 aliphatic carbocycles. The van der Waals surface area contributed by atoms with E-state index in [-0.39, 0.29) is 18.1 Å². The van der Waals surface area contributed by atoms with Gasteiger partial charge in [-0.25, -0.2) is 0 Å². The molecular formula is C29H40BrNO4. The molecule has 1 aliphatic rings. The third-order valence-corrected chi connectivity index (χ3v) is 7.85. The van der Waals surface area contributed by atoms with E-state index in [2.05, 4.69) is 59.4 Å². The summed E-state index contributed by atoms with van der Waals surface area (Å²) in [5.74, 6) is 1.14. The van der Waals surface area contributed by atoms with Crippen molar-refractivity contribution in [2.24, 2.45) is 5.92 Å². The second-order valence-electron chi connectivity index (χ2n) is 9.65. The van der Waals surface area contributed by atoms with Crippen LogP contribution in [0.2, 0.25) is 0 Å². The molecule has 0 bridgehead atoms. The number of nitrogens with one attached hydrogen (secondary N) is 1. The van der Waals surface area contributed by atoms with E-state index < -0.39 is 6.10 Å². The maximum atomic E-state index is 11.6. The summed E-state index contributed by atoms with van der Waals surface area (Å²) in [6.07, 6.45) is 5.83. The number of aryl methyl sites for hydroxylation is 1. The Morgan fingerprint density at radius 2 is 1.83 bits per heavy atom. The number of ether oxygens (including phenoxy) is 2. The zero-order valence-corrected chi connectivity index (χ0v) is 22.9. The SMILES string of the molecule is CCOC(=O)CCc1ccc(OC[C@H](O)CNC(CC)(CC)CC2Cc3ccccc3C2)c(Br)c1. The van der Waals surface area contributed by atoms with Gasteiger partial charge in [-0.2, -0.15) is 0 Å². The second-order valence-corrected chi connectivity index (χ2v) is 10.5. The van der Waals surface area contributed by atoms with Crippen LogP contribution in [-0.4, -0.2) is 42.5 Å². The molecule has 0 aliphatic heterocycles. The van der Waals surface area contributed by atoms with Crippen LogP contribution in [0.3, 0.4) is 0 Å². The zero-order valence-electron chi connectivity index (χ0n) is 21.3. The minimum atomic E-state index is -0.608. The van der Waals surface area contributed by atoms with E-state index in [1.165, 1.54) is 11.1 Å². The summed E-state index contributed by atoms with van der Waals surface area (Å²) in [6, 6.07) is 14.6. The molecule has 35 heavy (non-hydrogen) atoms. The van der Waals surface area contributed by atoms with Crippen LogP contribution >= 0.6 is 15.9 Å². The number of benzene rings is 2. The first-order valence-electron chi connectivity index (χ1n) is 12.9. The number of hydrogen-bond donors (Lipinski definition) is 2. The fourth-order valence-corrected chi connectivity index (χ4v) is 5.62. The number of rotatable bonds is 14. The molecule has 0 fully saturated rings. The van der Waals surface area contributed by atoms with E-state index in [0.717, 1.165) is 42.1 Å². The summed E-state index contributed by atoms with van der Waals surface area (Å²) in [7, 11) is 0. The van der Waals surface area contributed by atoms with Gasteiger partial charge in [0, 0.05) is 18.5 Å². The number of esters is 1. The Labute approximate surface area is 218 Å². The third kappa shape index (κ3) is 8.06. The Morgan fingerprint density at radius 3 is 2.43 bits per heavy atom. The molecule has 1 atom stereocenters. The van der Waals surface area contributed by atoms with E-state index in [9.17, 15) is 9.90 Å². The lowest BCUT2D eigenvalue weighted by Crippen LogP contribution is -2.49. The lowest BCUT2D eigenvalue weighted by molar-refractivity contribution is -0.143. The van der Waals surface area contributed by atoms with Gasteiger partial charge < -0.3 is 19.9 Å². The molecule has 0 spiro atoms. The van der Waals surface area contributed by atoms with Crippen molar-refractivity contribution in [3.8, 4) is 5.75 Å². The van der Waals surface area contributed by atoms with Crippen LogP contribution in [0.4, 0.5) is 0 Å². The maximum Gasteiger partial charge on any atom is 0.306 e. The summed E-state index contributed by atoms with van der Waals surface area (Å²) < 4.78 is 11.7. The number of aliphatic hydroxyl groups is 1. The molecular weight excluding hydrogens is 506 g/mol. The van der Waals surface area contributed by atoms with Gasteiger partial charge in [0.15, 0.2) is 0 Å². The minimum Gasteiger partial charge on any atom is -0.490 e. The highest BCUT2D eigenvalue weighted by molar-refractivity contribution is 9.10. The van der Waals surface area contributed by atoms with Crippen LogP contribution in [0.5, 0.6) is 5.75 Å². The van der Waals surface area contributed by atoms with Gasteiger partial charge in [-0.15, -0.1) is 0 Å². The lowest BCUT2D eigenvalue weighted by atomic mass is 9.81. The van der Waals surface area contributed by atoms with E-state index in [0.29, 0.717) is 37.7 Å². The number of carbonyl (C=O) groups is 1. The highest BCUT2D eigenvalue weighted by Gasteiger charge is 2.32. The van der Waals surface area contributed by atoms with E-state index >= 15 is 0 Å². The van der Waals surface area contributed by atoms with Crippen molar-refractivity contribution in [2.45, 2.75) is 77.4 Å². The standard InChI is InChI=1S/C29H40BrNO4/c1-4-29(5-2,18-22-15-23-9-7-8-10-24(23)16-22)31-19-25(32)20-35-27-13-11-21(17-26(27)30)12-14-28(33)34-6-3/h7-11,13,17,22,25,31-32H,4-6,12,14-16,18-20H2,1-3H3/t25-/m1/s1. The maximum absolute atomic E-state index is 11.6. The van der Waals surface area contributed by atoms with Crippen molar-refractivity contribution in [2.75, 3.05) is 19.8 Å². The molecule has 0 aromatic heterocycles. The average Bonchev–Trinajstić information content (AvgIpc) is 3.27. The van der Waals surface area contributed by atoms with Gasteiger partial charge in [-0.05, 0) is 96.1 Å². The summed E-state index contributed by atoms with van der Waals surface area (Å²) >= 11 is 3.55. The summed E-state index contributed by atoms with van der Waals surface area (Å²) in [6.45, 7) is 7.40. The molecule has 0 saturated carbocycles. The first-order chi connectivity index (χ1) is 16.9. The van der Waals surface area contributed by atoms with Crippen LogP contribution in [0.25, 0.3) is 0 Å². The van der Waals surface area contributed by atoms with Crippen LogP contribution < -0.4 is 10.1 Å². The van der Waals surface area contributed by atoms with E-state index in [1.807, 2.05) is 25.1 Å². The van der Waals surface area contributed by atoms with Gasteiger partial charge >= 0.3 is 5.97 Å². The van der Waals surface area contributed by atoms with Gasteiger partial charge in [0.25, 0.3) is 0 Å². The lowest BCUT2D eigenvalue weighted by Gasteiger charge is -2.36. The fraction of sp³-hybridized carbons (Fsp3) is 0.552. The Balaban J connectivity index is 1.46. The molecule has 0 saturated heterocycles. The van der Waals surface area contributed by atoms with Crippen molar-refractivity contribution in [3.63, 3.8) is 0 Å². The van der Waals surface area contributed by atoms with E-state index in [4.69, 9.17) is 9.47 Å². The molecule has 2 N–H and O–H groups in total. The first-order valence-corrected chi connectivity index (χ1v) is 13.7. The van der Waals surface area contributed by atoms with Gasteiger partial charge in [-0.1, -0.05) is 44.2 Å². The van der Waals surface area contributed by atoms with E-state index in [1.54, 1.807) is 0 Å². The number of aliphatic hydroxyl groups excluding tert-OH is 1. The summed E-state index contributed by atoms with van der Waals surface area (Å²) in [4.78, 5) is 11.6. The minimum absolute atomic E-state index is 0.0227. The van der Waals surface area contributed by atoms with Crippen LogP contribution in [0, 0.1) is 5.92 Å². The average molecular weight is 547 g/mol. The largest absolute Gasteiger partial charge is 0.490 e. The smallest absolute Gasteiger partial charge is 0.306 e. The Kier molecular flexibility index (Phi) is 10.6. The highest BCUT2D eigenvalue weighted by Crippen LogP contribution is 2.34. The van der Waals surface area contributed by atoms with Crippen molar-refractivity contribution < 1.29 is 19.4 Å². The fourth-order valence-electron chi connectivity index (χ4n) is 5.08. The number of carbonyl (C=O) groups excluding carboxylic acids is 1. The summed E-state index contributed by atoms with van der Waals surface area (Å²) in [5, 5.41) is 14.4. The van der Waals surface area contributed by atoms with Gasteiger partial charge in [0.05, 0.1) is 11.1 Å². The normalized spacial score (nSPS) is 14.5. The van der Waals surface area contributed by atoms with Crippen LogP contribution in [-0.2, 0) is 28.8 Å². The predicted octanol–water partition coefficient (Wildman–Crippen LogP) is 5.64. The number of β-amino-alcohol motifs (C(OH)–C–C–N with tert-alkyl or cyclic N) is 1. The van der Waals surface area contributed by atoms with Gasteiger partial charge in [0.2, 0.25) is 0 Å². The van der Waals surface area contributed by atoms with Gasteiger partial charge in [0.1, 0.15) is 18.5 Å². The van der Waals surface area contributed by atoms with Crippen molar-refractivity contribution in [3.05, 3.63) is 63.6 Å². The molecule has 192 valence electrons. The Bertz CT molecular complexity index is 934. The number of fused-ring (bicyclic) bond motifs is 1. The monoisotopic (exact) mass is 545 g/mol. The molecule has 6 heteroatoms. The molecule has 2 aromatic rings. The molecule has 0 amide bonds. The first kappa shape index (κ1) is 27.7. The highest BCUT2D eigenvalue weighted by atomic mass is 79.9. The molecule has 2 aromatic carbocycles. The molecule has 0 radical (unpaired) electrons. The summed E-state index contributed by atoms with van der Waals surface area (Å²) in [5.41, 5.74) is 4.03. The third-order valence-electron chi connectivity index (χ3n) is 7.23. The Hall–Kier alpha value is -1.89.